The quantitative estimate of drug-likeness (QED) is 0.829. The summed E-state index contributed by atoms with van der Waals surface area (Å²) in [4.78, 5) is 26.4. The van der Waals surface area contributed by atoms with Gasteiger partial charge in [0.1, 0.15) is 0 Å². The van der Waals surface area contributed by atoms with E-state index in [2.05, 4.69) is 5.32 Å². The van der Waals surface area contributed by atoms with Crippen LogP contribution in [0.3, 0.4) is 0 Å². The lowest BCUT2D eigenvalue weighted by atomic mass is 9.72. The first kappa shape index (κ1) is 17.5. The van der Waals surface area contributed by atoms with Crippen LogP contribution in [0.25, 0.3) is 0 Å². The summed E-state index contributed by atoms with van der Waals surface area (Å²) in [5.41, 5.74) is -0.507. The predicted octanol–water partition coefficient (Wildman–Crippen LogP) is 4.04. The van der Waals surface area contributed by atoms with E-state index in [1.807, 2.05) is 13.8 Å². The molecule has 0 saturated carbocycles. The molecule has 0 bridgehead atoms. The second kappa shape index (κ2) is 5.61. The van der Waals surface area contributed by atoms with Crippen molar-refractivity contribution in [3.8, 4) is 0 Å². The molecule has 2 amide bonds. The van der Waals surface area contributed by atoms with E-state index < -0.39 is 23.8 Å². The van der Waals surface area contributed by atoms with Crippen LogP contribution in [0.1, 0.15) is 43.9 Å². The summed E-state index contributed by atoms with van der Waals surface area (Å²) < 4.78 is 40.2. The van der Waals surface area contributed by atoms with Crippen molar-refractivity contribution in [2.24, 2.45) is 5.41 Å². The molecule has 0 fully saturated rings. The minimum Gasteiger partial charge on any atom is -0.327 e. The molecule has 1 aromatic rings. The zero-order valence-electron chi connectivity index (χ0n) is 14.2. The number of nitrogens with zero attached hydrogens (tertiary/aromatic N) is 1. The molecule has 134 valence electrons. The number of alkyl halides is 3. The van der Waals surface area contributed by atoms with Crippen molar-refractivity contribution < 1.29 is 22.8 Å². The topological polar surface area (TPSA) is 49.4 Å². The molecule has 3 rings (SSSR count). The molecule has 0 aromatic heterocycles. The van der Waals surface area contributed by atoms with Gasteiger partial charge >= 0.3 is 12.2 Å². The van der Waals surface area contributed by atoms with Crippen LogP contribution >= 0.6 is 0 Å². The Morgan fingerprint density at radius 2 is 1.80 bits per heavy atom. The number of carbonyl (C=O) groups is 2. The van der Waals surface area contributed by atoms with Crippen LogP contribution in [0.5, 0.6) is 0 Å². The number of urea groups is 1. The molecule has 0 spiro atoms. The van der Waals surface area contributed by atoms with Crippen molar-refractivity contribution in [2.75, 3.05) is 7.05 Å². The number of halogens is 3. The van der Waals surface area contributed by atoms with Crippen LogP contribution in [0.4, 0.5) is 18.0 Å². The number of Topliss-reactive ketones (excluding diaryl/α,β-unsaturated/α-hetero) is 1. The van der Waals surface area contributed by atoms with Crippen LogP contribution in [0.15, 0.2) is 35.5 Å². The molecule has 1 atom stereocenters. The maximum Gasteiger partial charge on any atom is 0.416 e. The number of nitrogens with one attached hydrogen (secondary N) is 1. The number of ketones is 1. The predicted molar refractivity (Wildman–Crippen MR) is 85.5 cm³/mol. The molecule has 2 aliphatic rings. The zero-order valence-corrected chi connectivity index (χ0v) is 14.2. The first-order chi connectivity index (χ1) is 11.5. The van der Waals surface area contributed by atoms with Gasteiger partial charge in [-0.3, -0.25) is 4.79 Å². The fourth-order valence-electron chi connectivity index (χ4n) is 3.58. The van der Waals surface area contributed by atoms with E-state index in [1.165, 1.54) is 30.1 Å². The van der Waals surface area contributed by atoms with Crippen molar-refractivity contribution in [3.05, 3.63) is 46.7 Å². The summed E-state index contributed by atoms with van der Waals surface area (Å²) in [6.45, 7) is 3.82. The number of rotatable bonds is 1. The van der Waals surface area contributed by atoms with Crippen molar-refractivity contribution >= 4 is 11.8 Å². The van der Waals surface area contributed by atoms with Crippen LogP contribution in [-0.4, -0.2) is 23.8 Å². The van der Waals surface area contributed by atoms with Gasteiger partial charge < -0.3 is 10.2 Å². The lowest BCUT2D eigenvalue weighted by Gasteiger charge is -2.42. The number of carbonyl (C=O) groups excluding carboxylic acids is 2. The highest BCUT2D eigenvalue weighted by Gasteiger charge is 2.45. The van der Waals surface area contributed by atoms with Gasteiger partial charge in [-0.05, 0) is 23.5 Å². The van der Waals surface area contributed by atoms with Crippen molar-refractivity contribution in [2.45, 2.75) is 38.9 Å². The molecule has 0 radical (unpaired) electrons. The Hall–Kier alpha value is -2.31. The minimum atomic E-state index is -4.57. The van der Waals surface area contributed by atoms with E-state index in [-0.39, 0.29) is 28.8 Å². The monoisotopic (exact) mass is 352 g/mol. The lowest BCUT2D eigenvalue weighted by molar-refractivity contribution is -0.138. The summed E-state index contributed by atoms with van der Waals surface area (Å²) in [7, 11) is 1.53. The number of amides is 2. The molecule has 7 heteroatoms. The molecule has 1 aromatic carbocycles. The fourth-order valence-corrected chi connectivity index (χ4v) is 3.58. The van der Waals surface area contributed by atoms with Gasteiger partial charge in [-0.2, -0.15) is 13.2 Å². The zero-order chi connectivity index (χ0) is 18.6. The Kier molecular flexibility index (Phi) is 3.93. The smallest absolute Gasteiger partial charge is 0.327 e. The van der Waals surface area contributed by atoms with Gasteiger partial charge in [0.05, 0.1) is 11.6 Å². The fraction of sp³-hybridized carbons (Fsp3) is 0.444. The molecule has 0 saturated heterocycles. The Morgan fingerprint density at radius 3 is 2.44 bits per heavy atom. The minimum absolute atomic E-state index is 0.1000. The van der Waals surface area contributed by atoms with Gasteiger partial charge in [0, 0.05) is 24.7 Å². The van der Waals surface area contributed by atoms with E-state index in [0.717, 1.165) is 6.07 Å². The van der Waals surface area contributed by atoms with E-state index in [4.69, 9.17) is 0 Å². The Balaban J connectivity index is 2.20. The molecular formula is C18H19F3N2O2. The summed E-state index contributed by atoms with van der Waals surface area (Å²) in [6, 6.07) is 3.47. The molecule has 1 heterocycles. The highest BCUT2D eigenvalue weighted by Crippen LogP contribution is 2.45. The van der Waals surface area contributed by atoms with Gasteiger partial charge in [-0.15, -0.1) is 0 Å². The number of hydrogen-bond donors (Lipinski definition) is 1. The second-order valence-electron chi connectivity index (χ2n) is 7.33. The van der Waals surface area contributed by atoms with E-state index in [9.17, 15) is 22.8 Å². The largest absolute Gasteiger partial charge is 0.416 e. The second-order valence-corrected chi connectivity index (χ2v) is 7.33. The SMILES string of the molecule is CN1C(=O)NC(c2ccccc2C(F)(F)F)C2=C1CC(C)(C)CC2=O. The number of benzene rings is 1. The van der Waals surface area contributed by atoms with Gasteiger partial charge in [0.2, 0.25) is 0 Å². The van der Waals surface area contributed by atoms with Crippen molar-refractivity contribution in [1.29, 1.82) is 0 Å². The Morgan fingerprint density at radius 1 is 1.16 bits per heavy atom. The van der Waals surface area contributed by atoms with E-state index in [0.29, 0.717) is 12.1 Å². The highest BCUT2D eigenvalue weighted by molar-refractivity contribution is 6.01. The third kappa shape index (κ3) is 3.03. The molecule has 4 nitrogen and oxygen atoms in total. The summed E-state index contributed by atoms with van der Waals surface area (Å²) >= 11 is 0. The third-order valence-corrected chi connectivity index (χ3v) is 4.74. The van der Waals surface area contributed by atoms with Crippen LogP contribution < -0.4 is 5.32 Å². The summed E-state index contributed by atoms with van der Waals surface area (Å²) in [6.07, 6.45) is -3.87. The number of allylic oxidation sites excluding steroid dienone is 1. The third-order valence-electron chi connectivity index (χ3n) is 4.74. The van der Waals surface area contributed by atoms with Crippen LogP contribution in [0.2, 0.25) is 0 Å². The first-order valence-electron chi connectivity index (χ1n) is 7.98. The van der Waals surface area contributed by atoms with Gasteiger partial charge in [0.25, 0.3) is 0 Å². The molecular weight excluding hydrogens is 333 g/mol. The average molecular weight is 352 g/mol. The normalized spacial score (nSPS) is 23.4. The molecule has 25 heavy (non-hydrogen) atoms. The molecule has 1 N–H and O–H groups in total. The van der Waals surface area contributed by atoms with Gasteiger partial charge in [-0.25, -0.2) is 4.79 Å². The van der Waals surface area contributed by atoms with E-state index in [1.54, 1.807) is 0 Å². The lowest BCUT2D eigenvalue weighted by Crippen LogP contribution is -2.49. The Labute approximate surface area is 143 Å². The maximum atomic E-state index is 13.4. The van der Waals surface area contributed by atoms with Crippen LogP contribution in [-0.2, 0) is 11.0 Å². The molecule has 1 unspecified atom stereocenters. The molecule has 1 aliphatic heterocycles. The molecule has 1 aliphatic carbocycles. The summed E-state index contributed by atoms with van der Waals surface area (Å²) in [5, 5.41) is 2.56. The maximum absolute atomic E-state index is 13.4. The van der Waals surface area contributed by atoms with Crippen molar-refractivity contribution in [1.82, 2.24) is 10.2 Å². The van der Waals surface area contributed by atoms with Crippen LogP contribution in [0, 0.1) is 5.41 Å². The average Bonchev–Trinajstić information content (AvgIpc) is 2.49. The highest BCUT2D eigenvalue weighted by atomic mass is 19.4. The van der Waals surface area contributed by atoms with Gasteiger partial charge in [-0.1, -0.05) is 32.0 Å². The van der Waals surface area contributed by atoms with Gasteiger partial charge in [0.15, 0.2) is 5.78 Å². The Bertz CT molecular complexity index is 781. The number of hydrogen-bond acceptors (Lipinski definition) is 2. The van der Waals surface area contributed by atoms with Crippen molar-refractivity contribution in [3.63, 3.8) is 0 Å². The first-order valence-corrected chi connectivity index (χ1v) is 7.98. The summed E-state index contributed by atoms with van der Waals surface area (Å²) in [5.74, 6) is -0.222. The standard InChI is InChI=1S/C18H19F3N2O2/c1-17(2)8-12-14(13(24)9-17)15(22-16(25)23(12)3)10-6-4-5-7-11(10)18(19,20)21/h4-7,15H,8-9H2,1-3H3,(H,22,25). The van der Waals surface area contributed by atoms with E-state index >= 15 is 0 Å².